The predicted molar refractivity (Wildman–Crippen MR) is 137 cm³/mol. The van der Waals surface area contributed by atoms with Crippen molar-refractivity contribution in [2.75, 3.05) is 45.7 Å². The van der Waals surface area contributed by atoms with Crippen molar-refractivity contribution < 1.29 is 23.5 Å². The van der Waals surface area contributed by atoms with E-state index in [9.17, 15) is 14.0 Å². The lowest BCUT2D eigenvalue weighted by molar-refractivity contribution is 0.00994. The lowest BCUT2D eigenvalue weighted by Gasteiger charge is -2.36. The number of hydrogen-bond acceptors (Lipinski definition) is 5. The summed E-state index contributed by atoms with van der Waals surface area (Å²) in [7, 11) is 3.43. The zero-order valence-electron chi connectivity index (χ0n) is 21.5. The first-order valence-corrected chi connectivity index (χ1v) is 12.6. The molecule has 1 aliphatic carbocycles. The van der Waals surface area contributed by atoms with Crippen molar-refractivity contribution in [2.24, 2.45) is 11.8 Å². The zero-order chi connectivity index (χ0) is 25.8. The van der Waals surface area contributed by atoms with Gasteiger partial charge in [-0.25, -0.2) is 4.39 Å². The molecule has 2 aliphatic rings. The Labute approximate surface area is 212 Å². The second-order valence-corrected chi connectivity index (χ2v) is 10.1. The molecule has 8 heteroatoms. The van der Waals surface area contributed by atoms with E-state index in [1.165, 1.54) is 31.0 Å². The summed E-state index contributed by atoms with van der Waals surface area (Å²) in [5.74, 6) is -0.00579. The molecule has 0 radical (unpaired) electrons. The highest BCUT2D eigenvalue weighted by Crippen LogP contribution is 2.32. The Balaban J connectivity index is 1.61. The highest BCUT2D eigenvalue weighted by molar-refractivity contribution is 6.05. The van der Waals surface area contributed by atoms with Crippen molar-refractivity contribution in [1.82, 2.24) is 9.80 Å². The van der Waals surface area contributed by atoms with E-state index < -0.39 is 11.7 Å². The quantitative estimate of drug-likeness (QED) is 0.667. The molecule has 0 unspecified atom stereocenters. The van der Waals surface area contributed by atoms with E-state index in [1.807, 2.05) is 0 Å². The fraction of sp³-hybridized carbons (Fsp3) is 0.500. The molecule has 3 atom stereocenters. The van der Waals surface area contributed by atoms with Crippen LogP contribution in [0.2, 0.25) is 0 Å². The van der Waals surface area contributed by atoms with Crippen LogP contribution in [0, 0.1) is 17.7 Å². The summed E-state index contributed by atoms with van der Waals surface area (Å²) < 4.78 is 26.1. The van der Waals surface area contributed by atoms with Crippen LogP contribution in [-0.4, -0.2) is 74.2 Å². The van der Waals surface area contributed by atoms with Crippen LogP contribution in [-0.2, 0) is 4.74 Å². The van der Waals surface area contributed by atoms with Crippen LogP contribution in [0.4, 0.5) is 10.1 Å². The van der Waals surface area contributed by atoms with Crippen LogP contribution < -0.4 is 10.1 Å². The number of nitrogens with zero attached hydrogens (tertiary/aromatic N) is 2. The molecule has 0 aromatic heterocycles. The van der Waals surface area contributed by atoms with Crippen LogP contribution in [0.5, 0.6) is 5.75 Å². The fourth-order valence-corrected chi connectivity index (χ4v) is 4.66. The lowest BCUT2D eigenvalue weighted by Crippen LogP contribution is -2.47. The number of fused-ring (bicyclic) bond motifs is 1. The lowest BCUT2D eigenvalue weighted by atomic mass is 10.0. The molecule has 1 N–H and O–H groups in total. The molecule has 2 amide bonds. The van der Waals surface area contributed by atoms with Crippen molar-refractivity contribution in [2.45, 2.75) is 38.8 Å². The Morgan fingerprint density at radius 3 is 2.61 bits per heavy atom. The molecular formula is C28H36FN3O4. The van der Waals surface area contributed by atoms with E-state index in [0.717, 1.165) is 19.0 Å². The summed E-state index contributed by atoms with van der Waals surface area (Å²) in [6.07, 6.45) is 2.42. The molecule has 36 heavy (non-hydrogen) atoms. The van der Waals surface area contributed by atoms with Gasteiger partial charge in [-0.3, -0.25) is 14.5 Å². The Morgan fingerprint density at radius 1 is 1.17 bits per heavy atom. The number of methoxy groups -OCH3 is 1. The Hall–Kier alpha value is -2.97. The van der Waals surface area contributed by atoms with Gasteiger partial charge in [-0.1, -0.05) is 19.1 Å². The standard InChI is InChI=1S/C28H36FN3O4/c1-18-14-32(15-20-9-10-20)19(2)17-36-25-12-11-21(30-27(33)22-7-5-6-8-24(22)29)13-23(25)28(34)31(3)16-26(18)35-4/h5-8,11-13,18-20,26H,9-10,14-17H2,1-4H3,(H,30,33)/t18-,19+,26+/m0/s1. The first-order chi connectivity index (χ1) is 17.3. The number of nitrogens with one attached hydrogen (secondary N) is 1. The molecular weight excluding hydrogens is 461 g/mol. The largest absolute Gasteiger partial charge is 0.491 e. The summed E-state index contributed by atoms with van der Waals surface area (Å²) in [4.78, 5) is 30.2. The zero-order valence-corrected chi connectivity index (χ0v) is 21.5. The predicted octanol–water partition coefficient (Wildman–Crippen LogP) is 4.29. The molecule has 194 valence electrons. The van der Waals surface area contributed by atoms with E-state index >= 15 is 0 Å². The third-order valence-corrected chi connectivity index (χ3v) is 7.14. The fourth-order valence-electron chi connectivity index (χ4n) is 4.66. The van der Waals surface area contributed by atoms with Crippen LogP contribution in [0.1, 0.15) is 47.4 Å². The minimum absolute atomic E-state index is 0.0635. The van der Waals surface area contributed by atoms with Gasteiger partial charge in [0.2, 0.25) is 0 Å². The molecule has 1 fully saturated rings. The molecule has 2 aromatic rings. The number of ether oxygens (including phenoxy) is 2. The number of likely N-dealkylation sites (N-methyl/N-ethyl adjacent to an activating group) is 1. The van der Waals surface area contributed by atoms with Gasteiger partial charge in [0.15, 0.2) is 0 Å². The van der Waals surface area contributed by atoms with Gasteiger partial charge in [-0.2, -0.15) is 0 Å². The number of anilines is 1. The van der Waals surface area contributed by atoms with Gasteiger partial charge in [-0.15, -0.1) is 0 Å². The van der Waals surface area contributed by atoms with Gasteiger partial charge < -0.3 is 19.7 Å². The first kappa shape index (κ1) is 26.1. The maximum atomic E-state index is 14.1. The van der Waals surface area contributed by atoms with E-state index in [1.54, 1.807) is 43.3 Å². The van der Waals surface area contributed by atoms with Crippen LogP contribution >= 0.6 is 0 Å². The van der Waals surface area contributed by atoms with Gasteiger partial charge in [-0.05, 0) is 61.9 Å². The summed E-state index contributed by atoms with van der Waals surface area (Å²) >= 11 is 0. The number of carbonyl (C=O) groups excluding carboxylic acids is 2. The van der Waals surface area contributed by atoms with E-state index in [2.05, 4.69) is 24.1 Å². The van der Waals surface area contributed by atoms with Gasteiger partial charge in [0.05, 0.1) is 17.2 Å². The normalized spacial score (nSPS) is 23.8. The van der Waals surface area contributed by atoms with Crippen LogP contribution in [0.3, 0.4) is 0 Å². The number of hydrogen-bond donors (Lipinski definition) is 1. The van der Waals surface area contributed by atoms with Gasteiger partial charge >= 0.3 is 0 Å². The van der Waals surface area contributed by atoms with Gasteiger partial charge in [0, 0.05) is 45.5 Å². The number of benzene rings is 2. The van der Waals surface area contributed by atoms with Crippen molar-refractivity contribution in [3.63, 3.8) is 0 Å². The monoisotopic (exact) mass is 497 g/mol. The topological polar surface area (TPSA) is 71.1 Å². The Morgan fingerprint density at radius 2 is 1.92 bits per heavy atom. The summed E-state index contributed by atoms with van der Waals surface area (Å²) in [5, 5.41) is 2.70. The van der Waals surface area contributed by atoms with Crippen molar-refractivity contribution in [3.8, 4) is 5.75 Å². The van der Waals surface area contributed by atoms with Crippen molar-refractivity contribution >= 4 is 17.5 Å². The number of halogens is 1. The summed E-state index contributed by atoms with van der Waals surface area (Å²) in [6, 6.07) is 10.9. The molecule has 1 heterocycles. The second kappa shape index (κ2) is 11.4. The van der Waals surface area contributed by atoms with Crippen LogP contribution in [0.15, 0.2) is 42.5 Å². The maximum absolute atomic E-state index is 14.1. The van der Waals surface area contributed by atoms with Gasteiger partial charge in [0.1, 0.15) is 18.2 Å². The molecule has 1 saturated carbocycles. The summed E-state index contributed by atoms with van der Waals surface area (Å²) in [6.45, 7) is 7.08. The molecule has 0 spiro atoms. The smallest absolute Gasteiger partial charge is 0.258 e. The molecule has 4 rings (SSSR count). The third kappa shape index (κ3) is 6.23. The average molecular weight is 498 g/mol. The highest BCUT2D eigenvalue weighted by Gasteiger charge is 2.31. The Kier molecular flexibility index (Phi) is 8.26. The molecule has 1 aliphatic heterocycles. The minimum Gasteiger partial charge on any atom is -0.491 e. The third-order valence-electron chi connectivity index (χ3n) is 7.14. The minimum atomic E-state index is -0.607. The van der Waals surface area contributed by atoms with Gasteiger partial charge in [0.25, 0.3) is 11.8 Å². The second-order valence-electron chi connectivity index (χ2n) is 10.1. The van der Waals surface area contributed by atoms with Crippen LogP contribution in [0.25, 0.3) is 0 Å². The molecule has 2 aromatic carbocycles. The van der Waals surface area contributed by atoms with E-state index in [0.29, 0.717) is 30.2 Å². The SMILES string of the molecule is CO[C@@H]1CN(C)C(=O)c2cc(NC(=O)c3ccccc3F)ccc2OC[C@@H](C)N(CC2CC2)C[C@@H]1C. The number of carbonyl (C=O) groups is 2. The summed E-state index contributed by atoms with van der Waals surface area (Å²) in [5.41, 5.74) is 0.666. The molecule has 7 nitrogen and oxygen atoms in total. The van der Waals surface area contributed by atoms with Crippen molar-refractivity contribution in [3.05, 3.63) is 59.4 Å². The maximum Gasteiger partial charge on any atom is 0.258 e. The number of amides is 2. The first-order valence-electron chi connectivity index (χ1n) is 12.6. The van der Waals surface area contributed by atoms with E-state index in [-0.39, 0.29) is 29.5 Å². The average Bonchev–Trinajstić information content (AvgIpc) is 3.69. The molecule has 0 bridgehead atoms. The molecule has 0 saturated heterocycles. The highest BCUT2D eigenvalue weighted by atomic mass is 19.1. The van der Waals surface area contributed by atoms with Crippen molar-refractivity contribution in [1.29, 1.82) is 0 Å². The number of rotatable bonds is 5. The van der Waals surface area contributed by atoms with E-state index in [4.69, 9.17) is 9.47 Å². The Bertz CT molecular complexity index is 1090.